The molecule has 0 bridgehead atoms. The Bertz CT molecular complexity index is 1070. The fourth-order valence-electron chi connectivity index (χ4n) is 2.94. The second-order valence-electron chi connectivity index (χ2n) is 8.18. The van der Waals surface area contributed by atoms with Gasteiger partial charge in [0.15, 0.2) is 12.4 Å². The first-order valence-electron chi connectivity index (χ1n) is 9.81. The first-order chi connectivity index (χ1) is 14.2. The van der Waals surface area contributed by atoms with Gasteiger partial charge in [-0.3, -0.25) is 14.4 Å². The van der Waals surface area contributed by atoms with Gasteiger partial charge in [0.25, 0.3) is 0 Å². The number of hydrogen-bond acceptors (Lipinski definition) is 4. The topological polar surface area (TPSA) is 72.5 Å². The van der Waals surface area contributed by atoms with E-state index in [4.69, 9.17) is 4.74 Å². The van der Waals surface area contributed by atoms with Crippen molar-refractivity contribution in [1.82, 2.24) is 0 Å². The van der Waals surface area contributed by atoms with Crippen LogP contribution in [0.3, 0.4) is 0 Å². The van der Waals surface area contributed by atoms with Gasteiger partial charge < -0.3 is 10.1 Å². The van der Waals surface area contributed by atoms with E-state index in [1.54, 1.807) is 24.3 Å². The van der Waals surface area contributed by atoms with Crippen LogP contribution >= 0.6 is 0 Å². The van der Waals surface area contributed by atoms with Crippen LogP contribution in [0.5, 0.6) is 0 Å². The van der Waals surface area contributed by atoms with Crippen molar-refractivity contribution < 1.29 is 19.1 Å². The zero-order valence-corrected chi connectivity index (χ0v) is 17.4. The Kier molecular flexibility index (Phi) is 6.31. The van der Waals surface area contributed by atoms with Crippen LogP contribution in [0.15, 0.2) is 66.7 Å². The normalized spacial score (nSPS) is 11.2. The summed E-state index contributed by atoms with van der Waals surface area (Å²) in [5, 5.41) is 4.85. The summed E-state index contributed by atoms with van der Waals surface area (Å²) in [6.07, 6.45) is 0.104. The first-order valence-corrected chi connectivity index (χ1v) is 9.81. The Morgan fingerprint density at radius 3 is 2.23 bits per heavy atom. The quantitative estimate of drug-likeness (QED) is 0.474. The third-order valence-corrected chi connectivity index (χ3v) is 4.72. The number of rotatable bonds is 6. The lowest BCUT2D eigenvalue weighted by Crippen LogP contribution is -2.27. The number of carbonyl (C=O) groups is 3. The maximum absolute atomic E-state index is 12.3. The molecule has 0 unspecified atom stereocenters. The Balaban J connectivity index is 1.56. The van der Waals surface area contributed by atoms with Gasteiger partial charge in [0.2, 0.25) is 5.91 Å². The maximum Gasteiger partial charge on any atom is 0.310 e. The molecule has 3 rings (SSSR count). The molecule has 0 saturated carbocycles. The molecule has 3 aromatic carbocycles. The lowest BCUT2D eigenvalue weighted by atomic mass is 9.95. The molecule has 0 aliphatic rings. The van der Waals surface area contributed by atoms with E-state index in [1.807, 2.05) is 63.2 Å². The average molecular weight is 403 g/mol. The summed E-state index contributed by atoms with van der Waals surface area (Å²) in [4.78, 5) is 36.6. The minimum Gasteiger partial charge on any atom is -0.457 e. The van der Waals surface area contributed by atoms with Gasteiger partial charge >= 0.3 is 5.97 Å². The molecule has 1 amide bonds. The maximum atomic E-state index is 12.3. The van der Waals surface area contributed by atoms with Crippen molar-refractivity contribution in [3.05, 3.63) is 77.9 Å². The van der Waals surface area contributed by atoms with Crippen molar-refractivity contribution in [2.45, 2.75) is 27.2 Å². The number of carbonyl (C=O) groups excluding carboxylic acids is 3. The van der Waals surface area contributed by atoms with Crippen LogP contribution in [-0.4, -0.2) is 24.3 Å². The summed E-state index contributed by atoms with van der Waals surface area (Å²) in [7, 11) is 0. The Morgan fingerprint density at radius 2 is 1.53 bits per heavy atom. The molecular formula is C25H25NO4. The summed E-state index contributed by atoms with van der Waals surface area (Å²) in [5.74, 6) is -0.854. The van der Waals surface area contributed by atoms with Crippen molar-refractivity contribution in [3.63, 3.8) is 0 Å². The summed E-state index contributed by atoms with van der Waals surface area (Å²) in [6, 6.07) is 20.1. The van der Waals surface area contributed by atoms with Crippen LogP contribution in [0.4, 0.5) is 5.69 Å². The molecule has 0 saturated heterocycles. The number of hydrogen-bond donors (Lipinski definition) is 1. The predicted octanol–water partition coefficient (Wildman–Crippen LogP) is 4.79. The van der Waals surface area contributed by atoms with Gasteiger partial charge in [0.05, 0.1) is 6.42 Å². The van der Waals surface area contributed by atoms with Crippen molar-refractivity contribution in [1.29, 1.82) is 0 Å². The van der Waals surface area contributed by atoms with Gasteiger partial charge in [-0.05, 0) is 40.6 Å². The molecule has 0 aliphatic heterocycles. The number of esters is 1. The molecule has 0 spiro atoms. The van der Waals surface area contributed by atoms with Crippen molar-refractivity contribution in [3.8, 4) is 0 Å². The van der Waals surface area contributed by atoms with Crippen LogP contribution in [0.25, 0.3) is 10.8 Å². The van der Waals surface area contributed by atoms with E-state index in [1.165, 1.54) is 0 Å². The number of amides is 1. The lowest BCUT2D eigenvalue weighted by molar-refractivity contribution is -0.141. The smallest absolute Gasteiger partial charge is 0.310 e. The van der Waals surface area contributed by atoms with Crippen LogP contribution in [0.1, 0.15) is 36.7 Å². The first kappa shape index (κ1) is 21.2. The summed E-state index contributed by atoms with van der Waals surface area (Å²) in [6.45, 7) is 5.16. The molecule has 1 N–H and O–H groups in total. The summed E-state index contributed by atoms with van der Waals surface area (Å²) >= 11 is 0. The second-order valence-corrected chi connectivity index (χ2v) is 8.18. The number of Topliss-reactive ketones (excluding diaryl/α,β-unsaturated/α-hetero) is 1. The van der Waals surface area contributed by atoms with Crippen LogP contribution < -0.4 is 5.32 Å². The molecule has 0 aromatic heterocycles. The van der Waals surface area contributed by atoms with Crippen LogP contribution in [-0.2, 0) is 20.7 Å². The number of anilines is 1. The van der Waals surface area contributed by atoms with Gasteiger partial charge in [-0.15, -0.1) is 0 Å². The highest BCUT2D eigenvalue weighted by atomic mass is 16.5. The Hall–Kier alpha value is -3.47. The highest BCUT2D eigenvalue weighted by molar-refractivity contribution is 5.99. The summed E-state index contributed by atoms with van der Waals surface area (Å²) in [5.41, 5.74) is 1.39. The Labute approximate surface area is 176 Å². The van der Waals surface area contributed by atoms with Gasteiger partial charge in [-0.1, -0.05) is 63.2 Å². The molecule has 30 heavy (non-hydrogen) atoms. The van der Waals surface area contributed by atoms with E-state index < -0.39 is 11.4 Å². The van der Waals surface area contributed by atoms with Crippen LogP contribution in [0.2, 0.25) is 0 Å². The minimum atomic E-state index is -0.507. The van der Waals surface area contributed by atoms with Gasteiger partial charge in [0.1, 0.15) is 0 Å². The van der Waals surface area contributed by atoms with E-state index in [9.17, 15) is 14.4 Å². The van der Waals surface area contributed by atoms with Crippen molar-refractivity contribution in [2.24, 2.45) is 5.41 Å². The summed E-state index contributed by atoms with van der Waals surface area (Å²) < 4.78 is 5.19. The molecule has 0 radical (unpaired) electrons. The molecule has 154 valence electrons. The monoisotopic (exact) mass is 403 g/mol. The number of ketones is 1. The molecule has 5 heteroatoms. The minimum absolute atomic E-state index is 0.104. The fourth-order valence-corrected chi connectivity index (χ4v) is 2.94. The molecule has 0 atom stereocenters. The third-order valence-electron chi connectivity index (χ3n) is 4.72. The van der Waals surface area contributed by atoms with E-state index in [0.29, 0.717) is 11.3 Å². The van der Waals surface area contributed by atoms with Crippen LogP contribution in [0, 0.1) is 5.41 Å². The largest absolute Gasteiger partial charge is 0.457 e. The molecule has 3 aromatic rings. The molecule has 0 fully saturated rings. The predicted molar refractivity (Wildman–Crippen MR) is 117 cm³/mol. The Morgan fingerprint density at radius 1 is 0.867 bits per heavy atom. The van der Waals surface area contributed by atoms with Gasteiger partial charge in [0, 0.05) is 16.7 Å². The van der Waals surface area contributed by atoms with E-state index in [-0.39, 0.29) is 24.7 Å². The van der Waals surface area contributed by atoms with E-state index >= 15 is 0 Å². The number of ether oxygens (including phenoxy) is 1. The van der Waals surface area contributed by atoms with Gasteiger partial charge in [-0.2, -0.15) is 0 Å². The standard InChI is InChI=1S/C25H25NO4/c1-25(2,3)24(29)26-20-13-11-18(12-14-20)22(27)16-30-23(28)15-19-9-6-8-17-7-4-5-10-21(17)19/h4-14H,15-16H2,1-3H3,(H,26,29). The SMILES string of the molecule is CC(C)(C)C(=O)Nc1ccc(C(=O)COC(=O)Cc2cccc3ccccc23)cc1. The van der Waals surface area contributed by atoms with Crippen molar-refractivity contribution >= 4 is 34.1 Å². The third kappa shape index (κ3) is 5.32. The lowest BCUT2D eigenvalue weighted by Gasteiger charge is -2.17. The van der Waals surface area contributed by atoms with Gasteiger partial charge in [-0.25, -0.2) is 0 Å². The zero-order valence-electron chi connectivity index (χ0n) is 17.4. The number of benzene rings is 3. The molecular weight excluding hydrogens is 378 g/mol. The molecule has 0 heterocycles. The van der Waals surface area contributed by atoms with E-state index in [0.717, 1.165) is 16.3 Å². The average Bonchev–Trinajstić information content (AvgIpc) is 2.72. The zero-order chi connectivity index (χ0) is 21.7. The number of nitrogens with one attached hydrogen (secondary N) is 1. The van der Waals surface area contributed by atoms with E-state index in [2.05, 4.69) is 5.32 Å². The highest BCUT2D eigenvalue weighted by Gasteiger charge is 2.21. The fraction of sp³-hybridized carbons (Fsp3) is 0.240. The molecule has 0 aliphatic carbocycles. The van der Waals surface area contributed by atoms with Crippen molar-refractivity contribution in [2.75, 3.05) is 11.9 Å². The number of fused-ring (bicyclic) bond motifs is 1. The molecule has 5 nitrogen and oxygen atoms in total. The highest BCUT2D eigenvalue weighted by Crippen LogP contribution is 2.20. The second kappa shape index (κ2) is 8.91.